The summed E-state index contributed by atoms with van der Waals surface area (Å²) in [6.07, 6.45) is -2.72. The first-order chi connectivity index (χ1) is 10.8. The molecule has 1 N–H and O–H groups in total. The number of aromatic amines is 1. The number of nitrogens with one attached hydrogen (secondary N) is 1. The fourth-order valence-corrected chi connectivity index (χ4v) is 4.11. The van der Waals surface area contributed by atoms with Gasteiger partial charge in [-0.1, -0.05) is 6.07 Å². The standard InChI is InChI=1S/C13H13F3N4O2S/c14-13(15,16)10-2-1-3-11(6-10)23(21,22)20-5-4-9(7-20)12-17-8-18-19-12/h1-3,6,8-9H,4-5,7H2,(H,17,18,19). The largest absolute Gasteiger partial charge is 0.416 e. The van der Waals surface area contributed by atoms with Crippen molar-refractivity contribution < 1.29 is 21.6 Å². The van der Waals surface area contributed by atoms with Crippen LogP contribution in [-0.4, -0.2) is 41.0 Å². The van der Waals surface area contributed by atoms with Crippen molar-refractivity contribution in [3.8, 4) is 0 Å². The Morgan fingerprint density at radius 3 is 2.74 bits per heavy atom. The van der Waals surface area contributed by atoms with Gasteiger partial charge in [0.1, 0.15) is 12.2 Å². The van der Waals surface area contributed by atoms with Crippen LogP contribution in [0.4, 0.5) is 13.2 Å². The van der Waals surface area contributed by atoms with Crippen molar-refractivity contribution in [3.05, 3.63) is 42.0 Å². The van der Waals surface area contributed by atoms with Gasteiger partial charge in [-0.15, -0.1) is 0 Å². The summed E-state index contributed by atoms with van der Waals surface area (Å²) in [6, 6.07) is 3.78. The molecular weight excluding hydrogens is 333 g/mol. The van der Waals surface area contributed by atoms with E-state index in [1.165, 1.54) is 16.7 Å². The molecule has 124 valence electrons. The van der Waals surface area contributed by atoms with E-state index in [1.54, 1.807) is 0 Å². The van der Waals surface area contributed by atoms with E-state index >= 15 is 0 Å². The van der Waals surface area contributed by atoms with Gasteiger partial charge in [0.25, 0.3) is 0 Å². The number of nitrogens with zero attached hydrogens (tertiary/aromatic N) is 3. The number of sulfonamides is 1. The summed E-state index contributed by atoms with van der Waals surface area (Å²) in [4.78, 5) is 3.64. The van der Waals surface area contributed by atoms with Gasteiger partial charge >= 0.3 is 6.18 Å². The predicted molar refractivity (Wildman–Crippen MR) is 73.9 cm³/mol. The van der Waals surface area contributed by atoms with Crippen LogP contribution in [0.3, 0.4) is 0 Å². The Bertz CT molecular complexity index is 790. The molecule has 0 bridgehead atoms. The number of H-pyrrole nitrogens is 1. The Hall–Kier alpha value is -1.94. The molecule has 0 aliphatic carbocycles. The molecule has 0 amide bonds. The van der Waals surface area contributed by atoms with Crippen molar-refractivity contribution in [2.75, 3.05) is 13.1 Å². The van der Waals surface area contributed by atoms with Gasteiger partial charge in [0.2, 0.25) is 10.0 Å². The normalized spacial score (nSPS) is 20.0. The zero-order valence-electron chi connectivity index (χ0n) is 11.8. The van der Waals surface area contributed by atoms with Gasteiger partial charge in [0.05, 0.1) is 10.5 Å². The highest BCUT2D eigenvalue weighted by Crippen LogP contribution is 2.33. The SMILES string of the molecule is O=S(=O)(c1cccc(C(F)(F)F)c1)N1CCC(c2ncn[nH]2)C1. The van der Waals surface area contributed by atoms with E-state index in [2.05, 4.69) is 15.2 Å². The molecular formula is C13H13F3N4O2S. The summed E-state index contributed by atoms with van der Waals surface area (Å²) >= 11 is 0. The third kappa shape index (κ3) is 3.08. The molecule has 1 fully saturated rings. The summed E-state index contributed by atoms with van der Waals surface area (Å²) in [7, 11) is -3.97. The lowest BCUT2D eigenvalue weighted by atomic mass is 10.1. The third-order valence-electron chi connectivity index (χ3n) is 3.77. The van der Waals surface area contributed by atoms with Crippen LogP contribution in [0.2, 0.25) is 0 Å². The van der Waals surface area contributed by atoms with E-state index in [-0.39, 0.29) is 23.9 Å². The first-order valence-corrected chi connectivity index (χ1v) is 8.25. The molecule has 3 rings (SSSR count). The highest BCUT2D eigenvalue weighted by Gasteiger charge is 2.36. The number of halogens is 3. The van der Waals surface area contributed by atoms with Crippen molar-refractivity contribution in [3.63, 3.8) is 0 Å². The van der Waals surface area contributed by atoms with Gasteiger partial charge in [-0.2, -0.15) is 22.6 Å². The summed E-state index contributed by atoms with van der Waals surface area (Å²) in [5.74, 6) is 0.435. The average Bonchev–Trinajstić information content (AvgIpc) is 3.17. The minimum atomic E-state index is -4.58. The zero-order valence-corrected chi connectivity index (χ0v) is 12.6. The Morgan fingerprint density at radius 1 is 1.30 bits per heavy atom. The zero-order chi connectivity index (χ0) is 16.7. The van der Waals surface area contributed by atoms with Crippen LogP contribution in [0.1, 0.15) is 23.7 Å². The number of hydrogen-bond acceptors (Lipinski definition) is 4. The van der Waals surface area contributed by atoms with Crippen molar-refractivity contribution in [1.82, 2.24) is 19.5 Å². The predicted octanol–water partition coefficient (Wildman–Crippen LogP) is 2.00. The monoisotopic (exact) mass is 346 g/mol. The summed E-state index contributed by atoms with van der Waals surface area (Å²) in [5.41, 5.74) is -0.982. The molecule has 0 saturated carbocycles. The van der Waals surface area contributed by atoms with Crippen LogP contribution in [0, 0.1) is 0 Å². The van der Waals surface area contributed by atoms with Gasteiger partial charge in [0.15, 0.2) is 0 Å². The molecule has 1 aromatic heterocycles. The van der Waals surface area contributed by atoms with Crippen LogP contribution in [-0.2, 0) is 16.2 Å². The number of aromatic nitrogens is 3. The average molecular weight is 346 g/mol. The maximum Gasteiger partial charge on any atom is 0.416 e. The van der Waals surface area contributed by atoms with Gasteiger partial charge < -0.3 is 0 Å². The smallest absolute Gasteiger partial charge is 0.263 e. The quantitative estimate of drug-likeness (QED) is 0.922. The molecule has 1 aromatic carbocycles. The fourth-order valence-electron chi connectivity index (χ4n) is 2.56. The molecule has 1 atom stereocenters. The maximum atomic E-state index is 12.8. The molecule has 10 heteroatoms. The highest BCUT2D eigenvalue weighted by molar-refractivity contribution is 7.89. The topological polar surface area (TPSA) is 79.0 Å². The second kappa shape index (κ2) is 5.60. The number of hydrogen-bond donors (Lipinski definition) is 1. The van der Waals surface area contributed by atoms with Crippen molar-refractivity contribution in [2.24, 2.45) is 0 Å². The number of benzene rings is 1. The van der Waals surface area contributed by atoms with E-state index < -0.39 is 21.8 Å². The Kier molecular flexibility index (Phi) is 3.88. The molecule has 1 saturated heterocycles. The van der Waals surface area contributed by atoms with E-state index in [0.717, 1.165) is 12.1 Å². The van der Waals surface area contributed by atoms with Crippen LogP contribution < -0.4 is 0 Å². The van der Waals surface area contributed by atoms with E-state index in [1.807, 2.05) is 0 Å². The van der Waals surface area contributed by atoms with E-state index in [4.69, 9.17) is 0 Å². The second-order valence-electron chi connectivity index (χ2n) is 5.24. The third-order valence-corrected chi connectivity index (χ3v) is 5.63. The number of alkyl halides is 3. The fraction of sp³-hybridized carbons (Fsp3) is 0.385. The molecule has 0 radical (unpaired) electrons. The first-order valence-electron chi connectivity index (χ1n) is 6.81. The van der Waals surface area contributed by atoms with E-state index in [0.29, 0.717) is 18.3 Å². The van der Waals surface area contributed by atoms with Crippen LogP contribution in [0.25, 0.3) is 0 Å². The Labute approximate surface area is 130 Å². The molecule has 0 spiro atoms. The first kappa shape index (κ1) is 15.9. The molecule has 2 heterocycles. The lowest BCUT2D eigenvalue weighted by Gasteiger charge is -2.17. The molecule has 23 heavy (non-hydrogen) atoms. The Balaban J connectivity index is 1.85. The van der Waals surface area contributed by atoms with Crippen molar-refractivity contribution in [2.45, 2.75) is 23.4 Å². The summed E-state index contributed by atoms with van der Waals surface area (Å²) in [6.45, 7) is 0.387. The second-order valence-corrected chi connectivity index (χ2v) is 7.18. The maximum absolute atomic E-state index is 12.8. The Morgan fingerprint density at radius 2 is 2.09 bits per heavy atom. The molecule has 1 aliphatic heterocycles. The van der Waals surface area contributed by atoms with Gasteiger partial charge in [-0.25, -0.2) is 13.4 Å². The van der Waals surface area contributed by atoms with Gasteiger partial charge in [-0.3, -0.25) is 5.10 Å². The molecule has 1 unspecified atom stereocenters. The highest BCUT2D eigenvalue weighted by atomic mass is 32.2. The summed E-state index contributed by atoms with van der Waals surface area (Å²) in [5, 5.41) is 6.41. The molecule has 2 aromatic rings. The van der Waals surface area contributed by atoms with E-state index in [9.17, 15) is 21.6 Å². The molecule has 1 aliphatic rings. The lowest BCUT2D eigenvalue weighted by Crippen LogP contribution is -2.29. The number of rotatable bonds is 3. The van der Waals surface area contributed by atoms with Crippen LogP contribution >= 0.6 is 0 Å². The van der Waals surface area contributed by atoms with Crippen LogP contribution in [0.5, 0.6) is 0 Å². The van der Waals surface area contributed by atoms with Gasteiger partial charge in [0, 0.05) is 19.0 Å². The minimum absolute atomic E-state index is 0.141. The van der Waals surface area contributed by atoms with Crippen molar-refractivity contribution in [1.29, 1.82) is 0 Å². The summed E-state index contributed by atoms with van der Waals surface area (Å²) < 4.78 is 64.5. The van der Waals surface area contributed by atoms with Crippen molar-refractivity contribution >= 4 is 10.0 Å². The lowest BCUT2D eigenvalue weighted by molar-refractivity contribution is -0.137. The minimum Gasteiger partial charge on any atom is -0.263 e. The van der Waals surface area contributed by atoms with Crippen LogP contribution in [0.15, 0.2) is 35.5 Å². The molecule has 6 nitrogen and oxygen atoms in total. The van der Waals surface area contributed by atoms with Gasteiger partial charge in [-0.05, 0) is 24.6 Å².